The van der Waals surface area contributed by atoms with Crippen molar-refractivity contribution in [1.82, 2.24) is 4.90 Å². The molecule has 2 aromatic carbocycles. The van der Waals surface area contributed by atoms with Crippen LogP contribution in [0.2, 0.25) is 5.02 Å². The Bertz CT molecular complexity index is 868. The Hall–Kier alpha value is -2.71. The van der Waals surface area contributed by atoms with Crippen molar-refractivity contribution in [3.8, 4) is 11.8 Å². The molecule has 0 atom stereocenters. The zero-order valence-electron chi connectivity index (χ0n) is 14.6. The Kier molecular flexibility index (Phi) is 5.34. The number of benzene rings is 2. The van der Waals surface area contributed by atoms with Gasteiger partial charge >= 0.3 is 0 Å². The molecule has 2 aromatic rings. The molecule has 1 aliphatic heterocycles. The number of carbonyl (C=O) groups is 1. The first-order valence-electron chi connectivity index (χ1n) is 8.49. The summed E-state index contributed by atoms with van der Waals surface area (Å²) < 4.78 is 0. The number of aromatic hydroxyl groups is 1. The molecule has 6 heteroatoms. The Morgan fingerprint density at radius 3 is 2.54 bits per heavy atom. The zero-order valence-corrected chi connectivity index (χ0v) is 15.3. The average molecular weight is 370 g/mol. The van der Waals surface area contributed by atoms with E-state index in [0.717, 1.165) is 16.8 Å². The average Bonchev–Trinajstić information content (AvgIpc) is 2.64. The molecule has 1 heterocycles. The summed E-state index contributed by atoms with van der Waals surface area (Å²) >= 11 is 6.28. The summed E-state index contributed by atoms with van der Waals surface area (Å²) in [5.41, 5.74) is 3.04. The number of aryl methyl sites for hydroxylation is 1. The van der Waals surface area contributed by atoms with Crippen LogP contribution in [-0.4, -0.2) is 42.1 Å². The molecule has 0 aliphatic carbocycles. The third-order valence-electron chi connectivity index (χ3n) is 4.68. The smallest absolute Gasteiger partial charge is 0.227 e. The number of phenols is 1. The number of halogens is 1. The number of nitrogens with zero attached hydrogens (tertiary/aromatic N) is 3. The van der Waals surface area contributed by atoms with Crippen molar-refractivity contribution in [2.75, 3.05) is 31.1 Å². The van der Waals surface area contributed by atoms with Gasteiger partial charge < -0.3 is 14.9 Å². The van der Waals surface area contributed by atoms with Crippen LogP contribution in [0.4, 0.5) is 5.69 Å². The van der Waals surface area contributed by atoms with Crippen molar-refractivity contribution in [2.24, 2.45) is 0 Å². The third kappa shape index (κ3) is 3.92. The Morgan fingerprint density at radius 2 is 1.92 bits per heavy atom. The summed E-state index contributed by atoms with van der Waals surface area (Å²) in [6.45, 7) is 4.45. The van der Waals surface area contributed by atoms with Crippen LogP contribution in [0, 0.1) is 18.3 Å². The summed E-state index contributed by atoms with van der Waals surface area (Å²) in [6, 6.07) is 12.7. The van der Waals surface area contributed by atoms with Gasteiger partial charge in [-0.15, -0.1) is 0 Å². The number of nitriles is 1. The third-order valence-corrected chi connectivity index (χ3v) is 4.98. The molecule has 1 amide bonds. The van der Waals surface area contributed by atoms with E-state index in [4.69, 9.17) is 16.9 Å². The molecule has 0 radical (unpaired) electrons. The van der Waals surface area contributed by atoms with Gasteiger partial charge in [0.15, 0.2) is 0 Å². The van der Waals surface area contributed by atoms with Crippen LogP contribution in [0.5, 0.6) is 5.75 Å². The minimum atomic E-state index is 0.0545. The van der Waals surface area contributed by atoms with Gasteiger partial charge in [-0.2, -0.15) is 5.26 Å². The Balaban J connectivity index is 1.60. The standard InChI is InChI=1S/C20H20ClN3O2/c1-14-2-3-15(11-19(14)25)12-20(26)24-8-6-23(7-9-24)18-5-4-16(13-22)10-17(18)21/h2-5,10-11,25H,6-9,12H2,1H3. The summed E-state index contributed by atoms with van der Waals surface area (Å²) in [6.07, 6.45) is 0.283. The van der Waals surface area contributed by atoms with Gasteiger partial charge in [-0.1, -0.05) is 23.7 Å². The lowest BCUT2D eigenvalue weighted by molar-refractivity contribution is -0.130. The van der Waals surface area contributed by atoms with Gasteiger partial charge in [-0.25, -0.2) is 0 Å². The first-order chi connectivity index (χ1) is 12.5. The molecule has 134 valence electrons. The summed E-state index contributed by atoms with van der Waals surface area (Å²) in [5.74, 6) is 0.273. The number of phenolic OH excluding ortho intramolecular Hbond substituents is 1. The number of hydrogen-bond acceptors (Lipinski definition) is 4. The highest BCUT2D eigenvalue weighted by Crippen LogP contribution is 2.28. The maximum absolute atomic E-state index is 12.5. The lowest BCUT2D eigenvalue weighted by Gasteiger charge is -2.36. The van der Waals surface area contributed by atoms with Crippen molar-refractivity contribution in [3.63, 3.8) is 0 Å². The molecule has 3 rings (SSSR count). The molecule has 1 aliphatic rings. The van der Waals surface area contributed by atoms with Crippen molar-refractivity contribution in [1.29, 1.82) is 5.26 Å². The number of carbonyl (C=O) groups excluding carboxylic acids is 1. The lowest BCUT2D eigenvalue weighted by atomic mass is 10.1. The number of rotatable bonds is 3. The Morgan fingerprint density at radius 1 is 1.19 bits per heavy atom. The molecule has 0 aromatic heterocycles. The van der Waals surface area contributed by atoms with E-state index < -0.39 is 0 Å². The maximum atomic E-state index is 12.5. The van der Waals surface area contributed by atoms with Crippen LogP contribution in [0.3, 0.4) is 0 Å². The van der Waals surface area contributed by atoms with Crippen LogP contribution in [-0.2, 0) is 11.2 Å². The second-order valence-electron chi connectivity index (χ2n) is 6.44. The first kappa shape index (κ1) is 18.1. The van der Waals surface area contributed by atoms with Crippen molar-refractivity contribution < 1.29 is 9.90 Å². The molecule has 1 fully saturated rings. The molecule has 1 saturated heterocycles. The second kappa shape index (κ2) is 7.67. The van der Waals surface area contributed by atoms with Gasteiger partial charge in [0, 0.05) is 26.2 Å². The minimum Gasteiger partial charge on any atom is -0.508 e. The normalized spacial score (nSPS) is 14.2. The van der Waals surface area contributed by atoms with E-state index in [9.17, 15) is 9.90 Å². The molecular formula is C20H20ClN3O2. The summed E-state index contributed by atoms with van der Waals surface area (Å²) in [7, 11) is 0. The summed E-state index contributed by atoms with van der Waals surface area (Å²) in [4.78, 5) is 16.5. The van der Waals surface area contributed by atoms with Crippen molar-refractivity contribution >= 4 is 23.2 Å². The van der Waals surface area contributed by atoms with E-state index in [0.29, 0.717) is 36.8 Å². The van der Waals surface area contributed by atoms with E-state index in [1.807, 2.05) is 30.0 Å². The monoisotopic (exact) mass is 369 g/mol. The SMILES string of the molecule is Cc1ccc(CC(=O)N2CCN(c3ccc(C#N)cc3Cl)CC2)cc1O. The highest BCUT2D eigenvalue weighted by Gasteiger charge is 2.22. The van der Waals surface area contributed by atoms with E-state index in [1.165, 1.54) is 0 Å². The minimum absolute atomic E-state index is 0.0545. The van der Waals surface area contributed by atoms with E-state index in [-0.39, 0.29) is 18.1 Å². The number of hydrogen-bond donors (Lipinski definition) is 1. The van der Waals surface area contributed by atoms with Crippen LogP contribution in [0.25, 0.3) is 0 Å². The highest BCUT2D eigenvalue weighted by molar-refractivity contribution is 6.33. The zero-order chi connectivity index (χ0) is 18.7. The van der Waals surface area contributed by atoms with Crippen LogP contribution in [0.15, 0.2) is 36.4 Å². The molecule has 26 heavy (non-hydrogen) atoms. The predicted octanol–water partition coefficient (Wildman–Crippen LogP) is 3.12. The van der Waals surface area contributed by atoms with Gasteiger partial charge in [-0.05, 0) is 42.3 Å². The fraction of sp³-hybridized carbons (Fsp3) is 0.300. The van der Waals surface area contributed by atoms with Crippen LogP contribution >= 0.6 is 11.6 Å². The molecule has 1 N–H and O–H groups in total. The van der Waals surface area contributed by atoms with Gasteiger partial charge in [0.25, 0.3) is 0 Å². The fourth-order valence-electron chi connectivity index (χ4n) is 3.08. The quantitative estimate of drug-likeness (QED) is 0.902. The summed E-state index contributed by atoms with van der Waals surface area (Å²) in [5, 5.41) is 19.3. The topological polar surface area (TPSA) is 67.6 Å². The first-order valence-corrected chi connectivity index (χ1v) is 8.86. The van der Waals surface area contributed by atoms with Crippen LogP contribution in [0.1, 0.15) is 16.7 Å². The van der Waals surface area contributed by atoms with Gasteiger partial charge in [0.1, 0.15) is 5.75 Å². The highest BCUT2D eigenvalue weighted by atomic mass is 35.5. The molecule has 0 saturated carbocycles. The number of amides is 1. The van der Waals surface area contributed by atoms with E-state index >= 15 is 0 Å². The predicted molar refractivity (Wildman–Crippen MR) is 102 cm³/mol. The molecular weight excluding hydrogens is 350 g/mol. The van der Waals surface area contributed by atoms with E-state index in [2.05, 4.69) is 11.0 Å². The van der Waals surface area contributed by atoms with E-state index in [1.54, 1.807) is 18.2 Å². The largest absolute Gasteiger partial charge is 0.508 e. The number of piperazine rings is 1. The maximum Gasteiger partial charge on any atom is 0.227 e. The van der Waals surface area contributed by atoms with Gasteiger partial charge in [0.2, 0.25) is 5.91 Å². The Labute approximate surface area is 158 Å². The van der Waals surface area contributed by atoms with Gasteiger partial charge in [0.05, 0.1) is 28.8 Å². The molecule has 0 unspecified atom stereocenters. The van der Waals surface area contributed by atoms with Crippen molar-refractivity contribution in [3.05, 3.63) is 58.1 Å². The second-order valence-corrected chi connectivity index (χ2v) is 6.85. The number of anilines is 1. The van der Waals surface area contributed by atoms with Crippen LogP contribution < -0.4 is 4.90 Å². The van der Waals surface area contributed by atoms with Gasteiger partial charge in [-0.3, -0.25) is 4.79 Å². The molecule has 0 spiro atoms. The lowest BCUT2D eigenvalue weighted by Crippen LogP contribution is -2.49. The fourth-order valence-corrected chi connectivity index (χ4v) is 3.38. The molecule has 5 nitrogen and oxygen atoms in total. The van der Waals surface area contributed by atoms with Crippen molar-refractivity contribution in [2.45, 2.75) is 13.3 Å². The molecule has 0 bridgehead atoms.